The normalized spacial score (nSPS) is 23.2. The number of aryl methyl sites for hydroxylation is 1. The van der Waals surface area contributed by atoms with Gasteiger partial charge in [-0.25, -0.2) is 0 Å². The molecule has 1 atom stereocenters. The van der Waals surface area contributed by atoms with E-state index in [1.807, 2.05) is 6.92 Å². The van der Waals surface area contributed by atoms with Gasteiger partial charge in [0.1, 0.15) is 10.5 Å². The quantitative estimate of drug-likeness (QED) is 0.808. The third kappa shape index (κ3) is 3.04. The summed E-state index contributed by atoms with van der Waals surface area (Å²) in [6.45, 7) is 3.04. The molecule has 0 radical (unpaired) electrons. The van der Waals surface area contributed by atoms with Gasteiger partial charge in [-0.2, -0.15) is 0 Å². The Labute approximate surface area is 110 Å². The van der Waals surface area contributed by atoms with Crippen molar-refractivity contribution in [2.75, 3.05) is 19.8 Å². The fourth-order valence-corrected chi connectivity index (χ4v) is 2.47. The highest BCUT2D eigenvalue weighted by Gasteiger charge is 2.33. The molecule has 1 fully saturated rings. The highest BCUT2D eigenvalue weighted by molar-refractivity contribution is 7.08. The third-order valence-corrected chi connectivity index (χ3v) is 3.68. The molecule has 18 heavy (non-hydrogen) atoms. The molecule has 7 heteroatoms. The maximum atomic E-state index is 12.0. The zero-order valence-electron chi connectivity index (χ0n) is 10.3. The van der Waals surface area contributed by atoms with Gasteiger partial charge in [-0.05, 0) is 18.0 Å². The molecule has 1 aliphatic heterocycles. The first-order chi connectivity index (χ1) is 8.64. The predicted molar refractivity (Wildman–Crippen MR) is 66.6 cm³/mol. The van der Waals surface area contributed by atoms with Crippen LogP contribution in [0.25, 0.3) is 0 Å². The highest BCUT2D eigenvalue weighted by Crippen LogP contribution is 2.18. The van der Waals surface area contributed by atoms with Gasteiger partial charge in [0.05, 0.1) is 12.3 Å². The van der Waals surface area contributed by atoms with Gasteiger partial charge in [-0.3, -0.25) is 4.79 Å². The summed E-state index contributed by atoms with van der Waals surface area (Å²) in [6, 6.07) is 0. The lowest BCUT2D eigenvalue weighted by Crippen LogP contribution is -2.43. The second-order valence-electron chi connectivity index (χ2n) is 4.51. The summed E-state index contributed by atoms with van der Waals surface area (Å²) in [5.74, 6) is -0.214. The number of aromatic nitrogens is 2. The number of amides is 1. The monoisotopic (exact) mass is 271 g/mol. The molecule has 100 valence electrons. The minimum Gasteiger partial charge on any atom is -0.386 e. The van der Waals surface area contributed by atoms with E-state index < -0.39 is 5.60 Å². The first kappa shape index (κ1) is 13.4. The molecule has 0 bridgehead atoms. The Bertz CT molecular complexity index is 415. The van der Waals surface area contributed by atoms with Crippen molar-refractivity contribution in [2.24, 2.45) is 0 Å². The van der Waals surface area contributed by atoms with Gasteiger partial charge in [-0.1, -0.05) is 17.8 Å². The molecule has 6 nitrogen and oxygen atoms in total. The zero-order valence-corrected chi connectivity index (χ0v) is 11.1. The summed E-state index contributed by atoms with van der Waals surface area (Å²) in [7, 11) is 0. The van der Waals surface area contributed by atoms with Crippen LogP contribution in [0.2, 0.25) is 0 Å². The molecular formula is C11H17N3O3S. The first-order valence-electron chi connectivity index (χ1n) is 6.04. The summed E-state index contributed by atoms with van der Waals surface area (Å²) in [4.78, 5) is 12.5. The van der Waals surface area contributed by atoms with Crippen LogP contribution in [0.1, 0.15) is 35.1 Å². The number of hydrogen-bond donors (Lipinski definition) is 2. The van der Waals surface area contributed by atoms with Crippen molar-refractivity contribution < 1.29 is 14.6 Å². The van der Waals surface area contributed by atoms with Crippen LogP contribution < -0.4 is 5.32 Å². The summed E-state index contributed by atoms with van der Waals surface area (Å²) < 4.78 is 8.92. The Morgan fingerprint density at radius 3 is 3.17 bits per heavy atom. The maximum absolute atomic E-state index is 12.0. The molecule has 1 aliphatic rings. The lowest BCUT2D eigenvalue weighted by molar-refractivity contribution is 0.0265. The van der Waals surface area contributed by atoms with Gasteiger partial charge in [0, 0.05) is 19.6 Å². The zero-order chi connectivity index (χ0) is 13.0. The van der Waals surface area contributed by atoms with E-state index >= 15 is 0 Å². The van der Waals surface area contributed by atoms with Crippen molar-refractivity contribution in [3.8, 4) is 0 Å². The SMILES string of the molecule is CCCc1nnsc1C(=O)NCC1(O)CCOC1. The molecule has 2 N–H and O–H groups in total. The molecule has 0 aliphatic carbocycles. The molecule has 0 spiro atoms. The fraction of sp³-hybridized carbons (Fsp3) is 0.727. The molecule has 1 saturated heterocycles. The lowest BCUT2D eigenvalue weighted by atomic mass is 10.0. The van der Waals surface area contributed by atoms with Crippen LogP contribution in [-0.4, -0.2) is 46.0 Å². The maximum Gasteiger partial charge on any atom is 0.265 e. The number of rotatable bonds is 5. The van der Waals surface area contributed by atoms with Gasteiger partial charge in [-0.15, -0.1) is 5.10 Å². The minimum atomic E-state index is -0.932. The number of aliphatic hydroxyl groups is 1. The summed E-state index contributed by atoms with van der Waals surface area (Å²) in [6.07, 6.45) is 2.21. The Morgan fingerprint density at radius 1 is 1.67 bits per heavy atom. The van der Waals surface area contributed by atoms with Crippen molar-refractivity contribution in [1.82, 2.24) is 14.9 Å². The molecule has 1 unspecified atom stereocenters. The first-order valence-corrected chi connectivity index (χ1v) is 6.81. The van der Waals surface area contributed by atoms with Crippen LogP contribution in [0, 0.1) is 0 Å². The topological polar surface area (TPSA) is 84.3 Å². The second kappa shape index (κ2) is 5.73. The Hall–Kier alpha value is -1.05. The van der Waals surface area contributed by atoms with E-state index in [2.05, 4.69) is 14.9 Å². The number of ether oxygens (including phenoxy) is 1. The van der Waals surface area contributed by atoms with Gasteiger partial charge < -0.3 is 15.2 Å². The average Bonchev–Trinajstić information content (AvgIpc) is 2.97. The van der Waals surface area contributed by atoms with E-state index in [0.29, 0.717) is 17.9 Å². The van der Waals surface area contributed by atoms with Gasteiger partial charge in [0.25, 0.3) is 5.91 Å². The Kier molecular flexibility index (Phi) is 4.26. The van der Waals surface area contributed by atoms with Crippen LogP contribution in [0.4, 0.5) is 0 Å². The number of nitrogens with zero attached hydrogens (tertiary/aromatic N) is 2. The van der Waals surface area contributed by atoms with E-state index in [4.69, 9.17) is 4.74 Å². The van der Waals surface area contributed by atoms with Crippen LogP contribution in [0.15, 0.2) is 0 Å². The van der Waals surface area contributed by atoms with Gasteiger partial charge in [0.15, 0.2) is 0 Å². The fourth-order valence-electron chi connectivity index (χ4n) is 1.84. The molecule has 0 saturated carbocycles. The molecular weight excluding hydrogens is 254 g/mol. The van der Waals surface area contributed by atoms with Crippen molar-refractivity contribution in [3.05, 3.63) is 10.6 Å². The van der Waals surface area contributed by atoms with Crippen molar-refractivity contribution in [2.45, 2.75) is 31.8 Å². The predicted octanol–water partition coefficient (Wildman–Crippen LogP) is 0.372. The molecule has 0 aromatic carbocycles. The van der Waals surface area contributed by atoms with E-state index in [-0.39, 0.29) is 19.1 Å². The molecule has 1 amide bonds. The summed E-state index contributed by atoms with van der Waals surface area (Å²) in [5.41, 5.74) is -0.201. The van der Waals surface area contributed by atoms with Crippen LogP contribution >= 0.6 is 11.5 Å². The highest BCUT2D eigenvalue weighted by atomic mass is 32.1. The summed E-state index contributed by atoms with van der Waals surface area (Å²) in [5, 5.41) is 16.7. The van der Waals surface area contributed by atoms with Crippen LogP contribution in [0.5, 0.6) is 0 Å². The minimum absolute atomic E-state index is 0.204. The van der Waals surface area contributed by atoms with Crippen molar-refractivity contribution >= 4 is 17.4 Å². The standard InChI is InChI=1S/C11H17N3O3S/c1-2-3-8-9(18-14-13-8)10(15)12-6-11(16)4-5-17-7-11/h16H,2-7H2,1H3,(H,12,15). The van der Waals surface area contributed by atoms with Crippen LogP contribution in [0.3, 0.4) is 0 Å². The van der Waals surface area contributed by atoms with Gasteiger partial charge >= 0.3 is 0 Å². The number of carbonyl (C=O) groups is 1. The molecule has 2 rings (SSSR count). The lowest BCUT2D eigenvalue weighted by Gasteiger charge is -2.20. The number of hydrogen-bond acceptors (Lipinski definition) is 6. The second-order valence-corrected chi connectivity index (χ2v) is 5.26. The smallest absolute Gasteiger partial charge is 0.265 e. The van der Waals surface area contributed by atoms with E-state index in [9.17, 15) is 9.90 Å². The Morgan fingerprint density at radius 2 is 2.50 bits per heavy atom. The van der Waals surface area contributed by atoms with Crippen molar-refractivity contribution in [3.63, 3.8) is 0 Å². The molecule has 1 aromatic rings. The number of carbonyl (C=O) groups excluding carboxylic acids is 1. The van der Waals surface area contributed by atoms with E-state index in [1.165, 1.54) is 0 Å². The largest absolute Gasteiger partial charge is 0.386 e. The summed E-state index contributed by atoms with van der Waals surface area (Å²) >= 11 is 1.09. The molecule has 2 heterocycles. The average molecular weight is 271 g/mol. The Balaban J connectivity index is 1.93. The van der Waals surface area contributed by atoms with E-state index in [0.717, 1.165) is 30.1 Å². The van der Waals surface area contributed by atoms with Crippen molar-refractivity contribution in [1.29, 1.82) is 0 Å². The van der Waals surface area contributed by atoms with E-state index in [1.54, 1.807) is 0 Å². The third-order valence-electron chi connectivity index (χ3n) is 2.91. The number of nitrogens with one attached hydrogen (secondary N) is 1. The van der Waals surface area contributed by atoms with Gasteiger partial charge in [0.2, 0.25) is 0 Å². The van der Waals surface area contributed by atoms with Crippen LogP contribution in [-0.2, 0) is 11.2 Å². The molecule has 1 aromatic heterocycles.